The summed E-state index contributed by atoms with van der Waals surface area (Å²) in [4.78, 5) is 58.3. The third kappa shape index (κ3) is 6.00. The number of aromatic nitrogens is 2. The lowest BCUT2D eigenvalue weighted by atomic mass is 10.0. The van der Waals surface area contributed by atoms with Gasteiger partial charge in [-0.15, -0.1) is 11.8 Å². The molecule has 1 aromatic heterocycles. The Kier molecular flexibility index (Phi) is 8.31. The lowest BCUT2D eigenvalue weighted by Gasteiger charge is -2.50. The number of carbonyl (C=O) groups excluding carboxylic acids is 4. The fraction of sp³-hybridized carbons (Fsp3) is 0.450. The molecule has 1 saturated heterocycles. The highest BCUT2D eigenvalue weighted by molar-refractivity contribution is 8.00. The second-order valence-corrected chi connectivity index (χ2v) is 10.4. The molecule has 0 bridgehead atoms. The second kappa shape index (κ2) is 11.0. The number of β-lactam (4-membered cyclic amide) rings is 1. The number of hydrogen-bond acceptors (Lipinski definition) is 12. The molecule has 2 aliphatic heterocycles. The Morgan fingerprint density at radius 3 is 2.69 bits per heavy atom. The summed E-state index contributed by atoms with van der Waals surface area (Å²) in [6.07, 6.45) is 3.65. The summed E-state index contributed by atoms with van der Waals surface area (Å²) in [5.74, 6) is -3.05. The number of carboxylic acid groups (broad SMARTS) is 1. The lowest BCUT2D eigenvalue weighted by Crippen LogP contribution is -2.71. The Morgan fingerprint density at radius 2 is 2.11 bits per heavy atom. The van der Waals surface area contributed by atoms with E-state index in [4.69, 9.17) is 16.3 Å². The van der Waals surface area contributed by atoms with Crippen LogP contribution in [0.15, 0.2) is 28.6 Å². The molecule has 0 radical (unpaired) electrons. The van der Waals surface area contributed by atoms with Crippen molar-refractivity contribution in [2.45, 2.75) is 17.8 Å². The van der Waals surface area contributed by atoms with Gasteiger partial charge in [0.25, 0.3) is 11.8 Å². The molecule has 194 valence electrons. The van der Waals surface area contributed by atoms with E-state index in [1.54, 1.807) is 12.2 Å². The summed E-state index contributed by atoms with van der Waals surface area (Å²) in [5, 5.41) is 17.6. The Balaban J connectivity index is 1.73. The maximum Gasteiger partial charge on any atom is 0.278 e. The lowest BCUT2D eigenvalue weighted by molar-refractivity contribution is -0.883. The SMILES string of the molecule is CO/N=C(\C(=O)N[C@@H]1C(=O)N2C(C(=O)[O-])=C(/C=C/C[N+](C)(C)CCC(N)=O)CS[C@H]12)c1nsc(N)n1. The van der Waals surface area contributed by atoms with E-state index in [2.05, 4.69) is 19.8 Å². The molecule has 5 N–H and O–H groups in total. The number of anilines is 1. The summed E-state index contributed by atoms with van der Waals surface area (Å²) < 4.78 is 4.39. The number of primary amides is 1. The molecule has 0 unspecified atom stereocenters. The standard InChI is InChI=1S/C20H26N8O6S2/c1-28(2,8-6-11(21)29)7-4-5-10-9-35-18-13(17(31)27(18)14(10)19(32)33)23-16(30)12(25-34-3)15-24-20(22)36-26-15/h4-5,13,18H,6-9H2,1-3H3,(H5-,21,22,23,24,26,29,30,32,33)/b5-4+,25-12-/t13-,18-/m1/s1. The highest BCUT2D eigenvalue weighted by atomic mass is 32.2. The molecule has 36 heavy (non-hydrogen) atoms. The van der Waals surface area contributed by atoms with Crippen LogP contribution in [0.3, 0.4) is 0 Å². The Bertz CT molecular complexity index is 1160. The Hall–Kier alpha value is -3.50. The van der Waals surface area contributed by atoms with E-state index < -0.39 is 35.1 Å². The van der Waals surface area contributed by atoms with Crippen LogP contribution in [0.2, 0.25) is 0 Å². The molecule has 0 aromatic carbocycles. The van der Waals surface area contributed by atoms with Crippen LogP contribution in [0, 0.1) is 0 Å². The smallest absolute Gasteiger partial charge is 0.278 e. The van der Waals surface area contributed by atoms with Gasteiger partial charge in [-0.05, 0) is 11.6 Å². The number of carboxylic acids is 1. The number of nitrogens with one attached hydrogen (secondary N) is 1. The molecule has 3 rings (SSSR count). The topological polar surface area (TPSA) is 206 Å². The highest BCUT2D eigenvalue weighted by Gasteiger charge is 2.53. The van der Waals surface area contributed by atoms with Crippen molar-refractivity contribution < 1.29 is 33.6 Å². The van der Waals surface area contributed by atoms with Gasteiger partial charge in [0, 0.05) is 17.3 Å². The number of nitrogens with zero attached hydrogens (tertiary/aromatic N) is 5. The van der Waals surface area contributed by atoms with Gasteiger partial charge in [-0.25, -0.2) is 0 Å². The van der Waals surface area contributed by atoms with Gasteiger partial charge < -0.3 is 36.0 Å². The maximum atomic E-state index is 12.9. The number of oxime groups is 1. The fourth-order valence-electron chi connectivity index (χ4n) is 3.56. The fourth-order valence-corrected chi connectivity index (χ4v) is 5.31. The van der Waals surface area contributed by atoms with Crippen molar-refractivity contribution in [2.75, 3.05) is 45.8 Å². The van der Waals surface area contributed by atoms with Gasteiger partial charge in [-0.2, -0.15) is 9.36 Å². The van der Waals surface area contributed by atoms with Crippen molar-refractivity contribution >= 4 is 57.8 Å². The van der Waals surface area contributed by atoms with Crippen LogP contribution in [-0.4, -0.2) is 99.6 Å². The van der Waals surface area contributed by atoms with Gasteiger partial charge in [0.2, 0.25) is 17.4 Å². The average Bonchev–Trinajstić information content (AvgIpc) is 3.24. The van der Waals surface area contributed by atoms with Gasteiger partial charge in [0.1, 0.15) is 18.5 Å². The highest BCUT2D eigenvalue weighted by Crippen LogP contribution is 2.40. The Morgan fingerprint density at radius 1 is 1.39 bits per heavy atom. The van der Waals surface area contributed by atoms with Gasteiger partial charge >= 0.3 is 0 Å². The van der Waals surface area contributed by atoms with Crippen LogP contribution in [0.4, 0.5) is 5.13 Å². The summed E-state index contributed by atoms with van der Waals surface area (Å²) in [6.45, 7) is 1.03. The zero-order valence-electron chi connectivity index (χ0n) is 19.8. The molecule has 14 nitrogen and oxygen atoms in total. The number of nitrogen functional groups attached to an aromatic ring is 1. The average molecular weight is 539 g/mol. The summed E-state index contributed by atoms with van der Waals surface area (Å²) in [7, 11) is 5.06. The molecule has 3 heterocycles. The number of thioether (sulfide) groups is 1. The van der Waals surface area contributed by atoms with E-state index in [9.17, 15) is 24.3 Å². The third-order valence-corrected chi connectivity index (χ3v) is 7.26. The van der Waals surface area contributed by atoms with Gasteiger partial charge in [-0.3, -0.25) is 19.3 Å². The second-order valence-electron chi connectivity index (χ2n) is 8.56. The minimum atomic E-state index is -1.50. The molecular weight excluding hydrogens is 512 g/mol. The first-order valence-electron chi connectivity index (χ1n) is 10.6. The monoisotopic (exact) mass is 538 g/mol. The van der Waals surface area contributed by atoms with Crippen LogP contribution in [0.1, 0.15) is 12.2 Å². The summed E-state index contributed by atoms with van der Waals surface area (Å²) >= 11 is 2.16. The van der Waals surface area contributed by atoms with E-state index in [0.29, 0.717) is 23.1 Å². The number of quaternary nitrogens is 1. The molecule has 0 saturated carbocycles. The number of rotatable bonds is 11. The number of amides is 3. The minimum absolute atomic E-state index is 0.0586. The molecule has 2 atom stereocenters. The number of aliphatic carboxylic acids is 1. The predicted octanol–water partition coefficient (Wildman–Crippen LogP) is -2.62. The molecule has 3 amide bonds. The van der Waals surface area contributed by atoms with Crippen LogP contribution in [0.5, 0.6) is 0 Å². The molecule has 0 aliphatic carbocycles. The minimum Gasteiger partial charge on any atom is -0.543 e. The largest absolute Gasteiger partial charge is 0.543 e. The number of fused-ring (bicyclic) bond motifs is 1. The van der Waals surface area contributed by atoms with Crippen molar-refractivity contribution in [2.24, 2.45) is 10.9 Å². The molecule has 2 aliphatic rings. The normalized spacial score (nSPS) is 20.2. The van der Waals surface area contributed by atoms with E-state index in [-0.39, 0.29) is 34.5 Å². The maximum absolute atomic E-state index is 12.9. The number of likely N-dealkylation sites (N-methyl/N-ethyl adjacent to an activating group) is 1. The van der Waals surface area contributed by atoms with Gasteiger partial charge in [-0.1, -0.05) is 11.2 Å². The first kappa shape index (κ1) is 27.1. The number of carbonyl (C=O) groups is 4. The van der Waals surface area contributed by atoms with Crippen LogP contribution in [0.25, 0.3) is 0 Å². The van der Waals surface area contributed by atoms with Gasteiger partial charge in [0.15, 0.2) is 5.13 Å². The van der Waals surface area contributed by atoms with E-state index in [0.717, 1.165) is 16.4 Å². The number of allylic oxidation sites excluding steroid dienone is 1. The van der Waals surface area contributed by atoms with E-state index in [1.165, 1.54) is 18.9 Å². The number of hydrogen-bond donors (Lipinski definition) is 3. The molecule has 0 spiro atoms. The predicted molar refractivity (Wildman–Crippen MR) is 130 cm³/mol. The third-order valence-electron chi connectivity index (χ3n) is 5.41. The molecule has 1 fully saturated rings. The van der Waals surface area contributed by atoms with Crippen molar-refractivity contribution in [1.82, 2.24) is 19.6 Å². The molecular formula is C20H26N8O6S2. The van der Waals surface area contributed by atoms with E-state index >= 15 is 0 Å². The van der Waals surface area contributed by atoms with Crippen molar-refractivity contribution in [3.05, 3.63) is 29.2 Å². The first-order valence-corrected chi connectivity index (χ1v) is 12.4. The molecule has 16 heteroatoms. The molecule has 1 aromatic rings. The van der Waals surface area contributed by atoms with Crippen molar-refractivity contribution in [1.29, 1.82) is 0 Å². The van der Waals surface area contributed by atoms with E-state index in [1.807, 2.05) is 14.1 Å². The van der Waals surface area contributed by atoms with Crippen LogP contribution >= 0.6 is 23.3 Å². The first-order chi connectivity index (χ1) is 16.9. The van der Waals surface area contributed by atoms with Crippen molar-refractivity contribution in [3.63, 3.8) is 0 Å². The van der Waals surface area contributed by atoms with Crippen LogP contribution < -0.4 is 21.9 Å². The Labute approximate surface area is 214 Å². The zero-order chi connectivity index (χ0) is 26.6. The summed E-state index contributed by atoms with van der Waals surface area (Å²) in [5.41, 5.74) is 10.7. The number of nitrogens with two attached hydrogens (primary N) is 2. The summed E-state index contributed by atoms with van der Waals surface area (Å²) in [6, 6.07) is -0.996. The zero-order valence-corrected chi connectivity index (χ0v) is 21.4. The quantitative estimate of drug-likeness (QED) is 0.116. The van der Waals surface area contributed by atoms with Crippen LogP contribution in [-0.2, 0) is 24.0 Å². The van der Waals surface area contributed by atoms with Crippen molar-refractivity contribution in [3.8, 4) is 0 Å². The van der Waals surface area contributed by atoms with Gasteiger partial charge in [0.05, 0.1) is 45.3 Å².